The maximum Gasteiger partial charge on any atom is 0.0129 e. The van der Waals surface area contributed by atoms with Gasteiger partial charge in [-0.15, -0.1) is 0 Å². The molecule has 4 atom stereocenters. The lowest BCUT2D eigenvalue weighted by atomic mass is 9.72. The van der Waals surface area contributed by atoms with Crippen molar-refractivity contribution in [3.05, 3.63) is 0 Å². The molecule has 4 unspecified atom stereocenters. The highest BCUT2D eigenvalue weighted by Gasteiger charge is 2.36. The summed E-state index contributed by atoms with van der Waals surface area (Å²) in [5, 5.41) is 3.65. The first-order valence-electron chi connectivity index (χ1n) is 9.44. The van der Waals surface area contributed by atoms with E-state index in [0.717, 1.165) is 29.7 Å². The molecule has 2 fully saturated rings. The van der Waals surface area contributed by atoms with Crippen molar-refractivity contribution < 1.29 is 0 Å². The summed E-state index contributed by atoms with van der Waals surface area (Å²) in [6, 6.07) is 1.48. The molecule has 21 heavy (non-hydrogen) atoms. The molecular formula is C19H38N2. The minimum atomic E-state index is 0.624. The predicted octanol–water partition coefficient (Wildman–Crippen LogP) is 4.16. The van der Waals surface area contributed by atoms with Gasteiger partial charge >= 0.3 is 0 Å². The Morgan fingerprint density at radius 1 is 1.10 bits per heavy atom. The van der Waals surface area contributed by atoms with E-state index in [1.54, 1.807) is 0 Å². The van der Waals surface area contributed by atoms with Gasteiger partial charge in [0, 0.05) is 18.6 Å². The molecule has 2 heteroatoms. The van der Waals surface area contributed by atoms with Crippen LogP contribution in [0.25, 0.3) is 0 Å². The Kier molecular flexibility index (Phi) is 6.55. The minimum Gasteiger partial charge on any atom is -0.314 e. The Morgan fingerprint density at radius 2 is 1.86 bits per heavy atom. The van der Waals surface area contributed by atoms with Crippen LogP contribution in [0.5, 0.6) is 0 Å². The fraction of sp³-hybridized carbons (Fsp3) is 1.00. The maximum atomic E-state index is 3.65. The van der Waals surface area contributed by atoms with Gasteiger partial charge in [-0.05, 0) is 62.4 Å². The molecule has 0 aromatic heterocycles. The molecule has 1 saturated carbocycles. The average Bonchev–Trinajstić information content (AvgIpc) is 2.45. The zero-order chi connectivity index (χ0) is 15.4. The van der Waals surface area contributed by atoms with Gasteiger partial charge < -0.3 is 5.32 Å². The third-order valence-corrected chi connectivity index (χ3v) is 5.82. The molecule has 2 nitrogen and oxygen atoms in total. The van der Waals surface area contributed by atoms with Crippen LogP contribution in [-0.4, -0.2) is 36.6 Å². The fourth-order valence-corrected chi connectivity index (χ4v) is 4.54. The Hall–Kier alpha value is -0.0800. The zero-order valence-corrected chi connectivity index (χ0v) is 15.1. The molecule has 1 heterocycles. The molecule has 1 aliphatic heterocycles. The standard InChI is InChI=1S/C19H38N2/c1-14(2)18-9-8-16(5)11-19(18)21-10-6-7-17(13-21)12-20-15(3)4/h14-20H,6-13H2,1-5H3. The molecule has 0 amide bonds. The molecule has 0 aromatic carbocycles. The number of nitrogens with zero attached hydrogens (tertiary/aromatic N) is 1. The van der Waals surface area contributed by atoms with E-state index in [0.29, 0.717) is 6.04 Å². The molecule has 2 rings (SSSR count). The van der Waals surface area contributed by atoms with Crippen LogP contribution in [0.15, 0.2) is 0 Å². The van der Waals surface area contributed by atoms with E-state index in [9.17, 15) is 0 Å². The van der Waals surface area contributed by atoms with E-state index >= 15 is 0 Å². The first kappa shape index (κ1) is 17.3. The van der Waals surface area contributed by atoms with Gasteiger partial charge in [0.15, 0.2) is 0 Å². The first-order chi connectivity index (χ1) is 9.97. The van der Waals surface area contributed by atoms with E-state index in [1.807, 2.05) is 0 Å². The van der Waals surface area contributed by atoms with Crippen LogP contribution in [0, 0.1) is 23.7 Å². The largest absolute Gasteiger partial charge is 0.314 e. The van der Waals surface area contributed by atoms with Crippen LogP contribution in [0.1, 0.15) is 66.7 Å². The molecule has 124 valence electrons. The van der Waals surface area contributed by atoms with Gasteiger partial charge in [0.05, 0.1) is 0 Å². The van der Waals surface area contributed by atoms with Gasteiger partial charge in [-0.25, -0.2) is 0 Å². The summed E-state index contributed by atoms with van der Waals surface area (Å²) in [4.78, 5) is 2.87. The number of piperidine rings is 1. The van der Waals surface area contributed by atoms with Crippen molar-refractivity contribution in [2.75, 3.05) is 19.6 Å². The van der Waals surface area contributed by atoms with Crippen LogP contribution in [0.4, 0.5) is 0 Å². The number of hydrogen-bond acceptors (Lipinski definition) is 2. The monoisotopic (exact) mass is 294 g/mol. The number of rotatable bonds is 5. The van der Waals surface area contributed by atoms with E-state index in [2.05, 4.69) is 44.8 Å². The van der Waals surface area contributed by atoms with Crippen LogP contribution in [0.3, 0.4) is 0 Å². The summed E-state index contributed by atoms with van der Waals surface area (Å²) < 4.78 is 0. The van der Waals surface area contributed by atoms with Crippen molar-refractivity contribution >= 4 is 0 Å². The molecule has 0 radical (unpaired) electrons. The second-order valence-electron chi connectivity index (χ2n) is 8.46. The van der Waals surface area contributed by atoms with Crippen LogP contribution >= 0.6 is 0 Å². The van der Waals surface area contributed by atoms with Crippen molar-refractivity contribution in [1.29, 1.82) is 0 Å². The first-order valence-corrected chi connectivity index (χ1v) is 9.44. The summed E-state index contributed by atoms with van der Waals surface area (Å²) in [7, 11) is 0. The van der Waals surface area contributed by atoms with E-state index in [4.69, 9.17) is 0 Å². The van der Waals surface area contributed by atoms with E-state index < -0.39 is 0 Å². The highest BCUT2D eigenvalue weighted by molar-refractivity contribution is 4.90. The average molecular weight is 295 g/mol. The van der Waals surface area contributed by atoms with Crippen molar-refractivity contribution in [3.8, 4) is 0 Å². The van der Waals surface area contributed by atoms with E-state index in [1.165, 1.54) is 51.7 Å². The van der Waals surface area contributed by atoms with Crippen LogP contribution < -0.4 is 5.32 Å². The van der Waals surface area contributed by atoms with Crippen molar-refractivity contribution in [2.24, 2.45) is 23.7 Å². The Morgan fingerprint density at radius 3 is 2.52 bits per heavy atom. The van der Waals surface area contributed by atoms with Crippen molar-refractivity contribution in [2.45, 2.75) is 78.8 Å². The Labute approximate surface area is 133 Å². The molecule has 1 N–H and O–H groups in total. The maximum absolute atomic E-state index is 3.65. The number of nitrogens with one attached hydrogen (secondary N) is 1. The third kappa shape index (κ3) is 4.96. The summed E-state index contributed by atoms with van der Waals surface area (Å²) in [5.41, 5.74) is 0. The second kappa shape index (κ2) is 7.97. The summed E-state index contributed by atoms with van der Waals surface area (Å²) in [6.45, 7) is 15.8. The normalized spacial score (nSPS) is 35.6. The SMILES string of the molecule is CC1CCC(C(C)C)C(N2CCCC(CNC(C)C)C2)C1. The number of likely N-dealkylation sites (tertiary alicyclic amines) is 1. The third-order valence-electron chi connectivity index (χ3n) is 5.82. The molecule has 0 aromatic rings. The van der Waals surface area contributed by atoms with Crippen LogP contribution in [-0.2, 0) is 0 Å². The van der Waals surface area contributed by atoms with Gasteiger partial charge in [-0.2, -0.15) is 0 Å². The predicted molar refractivity (Wildman–Crippen MR) is 92.6 cm³/mol. The minimum absolute atomic E-state index is 0.624. The summed E-state index contributed by atoms with van der Waals surface area (Å²) in [6.07, 6.45) is 7.17. The van der Waals surface area contributed by atoms with Crippen molar-refractivity contribution in [3.63, 3.8) is 0 Å². The molecular weight excluding hydrogens is 256 g/mol. The molecule has 0 spiro atoms. The van der Waals surface area contributed by atoms with Gasteiger partial charge in [0.25, 0.3) is 0 Å². The summed E-state index contributed by atoms with van der Waals surface area (Å²) in [5.74, 6) is 3.57. The smallest absolute Gasteiger partial charge is 0.0129 e. The lowest BCUT2D eigenvalue weighted by Gasteiger charge is -2.47. The highest BCUT2D eigenvalue weighted by Crippen LogP contribution is 2.37. The summed E-state index contributed by atoms with van der Waals surface area (Å²) >= 11 is 0. The van der Waals surface area contributed by atoms with Gasteiger partial charge in [0.2, 0.25) is 0 Å². The molecule has 1 saturated heterocycles. The lowest BCUT2D eigenvalue weighted by Crippen LogP contribution is -2.51. The Balaban J connectivity index is 1.94. The van der Waals surface area contributed by atoms with Crippen LogP contribution in [0.2, 0.25) is 0 Å². The quantitative estimate of drug-likeness (QED) is 0.819. The topological polar surface area (TPSA) is 15.3 Å². The van der Waals surface area contributed by atoms with Gasteiger partial charge in [0.1, 0.15) is 0 Å². The van der Waals surface area contributed by atoms with E-state index in [-0.39, 0.29) is 0 Å². The lowest BCUT2D eigenvalue weighted by molar-refractivity contribution is 0.0294. The van der Waals surface area contributed by atoms with Crippen molar-refractivity contribution in [1.82, 2.24) is 10.2 Å². The van der Waals surface area contributed by atoms with Gasteiger partial charge in [-0.3, -0.25) is 4.90 Å². The zero-order valence-electron chi connectivity index (χ0n) is 15.1. The number of hydrogen-bond donors (Lipinski definition) is 1. The highest BCUT2D eigenvalue weighted by atomic mass is 15.2. The molecule has 1 aliphatic carbocycles. The Bertz CT molecular complexity index is 300. The molecule has 0 bridgehead atoms. The fourth-order valence-electron chi connectivity index (χ4n) is 4.54. The molecule has 2 aliphatic rings. The second-order valence-corrected chi connectivity index (χ2v) is 8.46. The van der Waals surface area contributed by atoms with Gasteiger partial charge in [-0.1, -0.05) is 41.0 Å².